The lowest BCUT2D eigenvalue weighted by atomic mass is 10.2. The summed E-state index contributed by atoms with van der Waals surface area (Å²) in [6.07, 6.45) is 0. The zero-order valence-electron chi connectivity index (χ0n) is 14.0. The van der Waals surface area contributed by atoms with Crippen molar-refractivity contribution in [2.45, 2.75) is 18.7 Å². The zero-order valence-corrected chi connectivity index (χ0v) is 14.8. The van der Waals surface area contributed by atoms with Crippen molar-refractivity contribution in [1.29, 1.82) is 0 Å². The maximum absolute atomic E-state index is 12.8. The van der Waals surface area contributed by atoms with Crippen molar-refractivity contribution in [3.05, 3.63) is 59.4 Å². The summed E-state index contributed by atoms with van der Waals surface area (Å²) in [6, 6.07) is 10.0. The van der Waals surface area contributed by atoms with Gasteiger partial charge in [0.15, 0.2) is 0 Å². The summed E-state index contributed by atoms with van der Waals surface area (Å²) in [5, 5.41) is 5.05. The molecule has 6 nitrogen and oxygen atoms in total. The second-order valence-electron chi connectivity index (χ2n) is 5.55. The van der Waals surface area contributed by atoms with Crippen LogP contribution in [0.5, 0.6) is 0 Å². The van der Waals surface area contributed by atoms with Crippen molar-refractivity contribution in [3.8, 4) is 0 Å². The third-order valence-corrected chi connectivity index (χ3v) is 5.04. The Hall–Kier alpha value is -2.45. The van der Waals surface area contributed by atoms with Gasteiger partial charge in [0, 0.05) is 18.8 Å². The van der Waals surface area contributed by atoms with Crippen molar-refractivity contribution in [2.75, 3.05) is 18.4 Å². The van der Waals surface area contributed by atoms with E-state index >= 15 is 0 Å². The van der Waals surface area contributed by atoms with E-state index in [1.165, 1.54) is 24.3 Å². The molecular formula is C17H20FN3O3S. The molecule has 0 unspecified atom stereocenters. The van der Waals surface area contributed by atoms with E-state index in [4.69, 9.17) is 0 Å². The SMILES string of the molecule is Cc1ccc(C)c(S(=O)(=O)NCCNC(=O)Nc2ccc(F)cc2)c1. The number of amides is 2. The monoisotopic (exact) mass is 365 g/mol. The van der Waals surface area contributed by atoms with Crippen molar-refractivity contribution >= 4 is 21.7 Å². The van der Waals surface area contributed by atoms with Crippen LogP contribution in [0.3, 0.4) is 0 Å². The number of benzene rings is 2. The molecular weight excluding hydrogens is 345 g/mol. The number of hydrogen-bond acceptors (Lipinski definition) is 3. The van der Waals surface area contributed by atoms with Gasteiger partial charge in [0.25, 0.3) is 0 Å². The molecule has 2 aromatic rings. The molecule has 0 aliphatic heterocycles. The van der Waals surface area contributed by atoms with E-state index in [1.54, 1.807) is 19.1 Å². The van der Waals surface area contributed by atoms with Crippen LogP contribution in [0, 0.1) is 19.7 Å². The highest BCUT2D eigenvalue weighted by atomic mass is 32.2. The molecule has 134 valence electrons. The van der Waals surface area contributed by atoms with Gasteiger partial charge in [-0.2, -0.15) is 0 Å². The fourth-order valence-corrected chi connectivity index (χ4v) is 3.50. The van der Waals surface area contributed by atoms with E-state index in [9.17, 15) is 17.6 Å². The van der Waals surface area contributed by atoms with Crippen LogP contribution in [0.4, 0.5) is 14.9 Å². The number of urea groups is 1. The van der Waals surface area contributed by atoms with Gasteiger partial charge in [0.1, 0.15) is 5.82 Å². The number of anilines is 1. The largest absolute Gasteiger partial charge is 0.337 e. The molecule has 0 bridgehead atoms. The minimum Gasteiger partial charge on any atom is -0.337 e. The van der Waals surface area contributed by atoms with Gasteiger partial charge in [-0.15, -0.1) is 0 Å². The average Bonchev–Trinajstić information content (AvgIpc) is 2.56. The summed E-state index contributed by atoms with van der Waals surface area (Å²) in [6.45, 7) is 3.70. The van der Waals surface area contributed by atoms with Crippen LogP contribution in [0.25, 0.3) is 0 Å². The topological polar surface area (TPSA) is 87.3 Å². The van der Waals surface area contributed by atoms with Crippen molar-refractivity contribution in [1.82, 2.24) is 10.0 Å². The van der Waals surface area contributed by atoms with Gasteiger partial charge < -0.3 is 10.6 Å². The van der Waals surface area contributed by atoms with Crippen molar-refractivity contribution in [3.63, 3.8) is 0 Å². The van der Waals surface area contributed by atoms with Crippen LogP contribution in [0.15, 0.2) is 47.4 Å². The third kappa shape index (κ3) is 5.54. The average molecular weight is 365 g/mol. The number of hydrogen-bond donors (Lipinski definition) is 3. The number of carbonyl (C=O) groups excluding carboxylic acids is 1. The van der Waals surface area contributed by atoms with E-state index in [1.807, 2.05) is 13.0 Å². The van der Waals surface area contributed by atoms with Gasteiger partial charge in [-0.25, -0.2) is 22.3 Å². The molecule has 0 radical (unpaired) electrons. The fraction of sp³-hybridized carbons (Fsp3) is 0.235. The van der Waals surface area contributed by atoms with Gasteiger partial charge in [-0.3, -0.25) is 0 Å². The van der Waals surface area contributed by atoms with Gasteiger partial charge in [-0.1, -0.05) is 12.1 Å². The first-order valence-electron chi connectivity index (χ1n) is 7.65. The van der Waals surface area contributed by atoms with E-state index in [-0.39, 0.29) is 18.0 Å². The second kappa shape index (κ2) is 8.09. The molecule has 0 spiro atoms. The summed E-state index contributed by atoms with van der Waals surface area (Å²) in [5.74, 6) is -0.396. The van der Waals surface area contributed by atoms with Crippen LogP contribution < -0.4 is 15.4 Å². The maximum Gasteiger partial charge on any atom is 0.319 e. The number of halogens is 1. The number of carbonyl (C=O) groups is 1. The van der Waals surface area contributed by atoms with Crippen LogP contribution >= 0.6 is 0 Å². The first-order chi connectivity index (χ1) is 11.8. The van der Waals surface area contributed by atoms with Gasteiger partial charge in [-0.05, 0) is 55.3 Å². The molecule has 0 aliphatic rings. The van der Waals surface area contributed by atoms with Crippen LogP contribution in [-0.4, -0.2) is 27.5 Å². The zero-order chi connectivity index (χ0) is 18.4. The molecule has 0 aliphatic carbocycles. The highest BCUT2D eigenvalue weighted by molar-refractivity contribution is 7.89. The van der Waals surface area contributed by atoms with E-state index < -0.39 is 21.9 Å². The third-order valence-electron chi connectivity index (χ3n) is 3.44. The lowest BCUT2D eigenvalue weighted by Crippen LogP contribution is -2.37. The first kappa shape index (κ1) is 18.9. The summed E-state index contributed by atoms with van der Waals surface area (Å²) in [7, 11) is -3.64. The van der Waals surface area contributed by atoms with Crippen molar-refractivity contribution < 1.29 is 17.6 Å². The van der Waals surface area contributed by atoms with Gasteiger partial charge in [0.05, 0.1) is 4.90 Å². The Morgan fingerprint density at radius 2 is 1.72 bits per heavy atom. The molecule has 2 amide bonds. The van der Waals surface area contributed by atoms with Crippen molar-refractivity contribution in [2.24, 2.45) is 0 Å². The minimum atomic E-state index is -3.64. The van der Waals surface area contributed by atoms with Gasteiger partial charge in [0.2, 0.25) is 10.0 Å². The Morgan fingerprint density at radius 1 is 1.04 bits per heavy atom. The first-order valence-corrected chi connectivity index (χ1v) is 9.13. The van der Waals surface area contributed by atoms with Crippen LogP contribution in [0.2, 0.25) is 0 Å². The number of sulfonamides is 1. The number of rotatable bonds is 6. The Kier molecular flexibility index (Phi) is 6.11. The molecule has 3 N–H and O–H groups in total. The Labute approximate surface area is 146 Å². The number of aryl methyl sites for hydroxylation is 2. The molecule has 25 heavy (non-hydrogen) atoms. The van der Waals surface area contributed by atoms with E-state index in [2.05, 4.69) is 15.4 Å². The second-order valence-corrected chi connectivity index (χ2v) is 7.29. The quantitative estimate of drug-likeness (QED) is 0.688. The molecule has 0 aromatic heterocycles. The predicted molar refractivity (Wildman–Crippen MR) is 94.5 cm³/mol. The lowest BCUT2D eigenvalue weighted by molar-refractivity contribution is 0.252. The van der Waals surface area contributed by atoms with Gasteiger partial charge >= 0.3 is 6.03 Å². The molecule has 0 saturated heterocycles. The normalized spacial score (nSPS) is 11.2. The highest BCUT2D eigenvalue weighted by Crippen LogP contribution is 2.16. The minimum absolute atomic E-state index is 0.0482. The molecule has 8 heteroatoms. The summed E-state index contributed by atoms with van der Waals surface area (Å²) in [4.78, 5) is 11.9. The Bertz CT molecular complexity index is 852. The molecule has 0 saturated carbocycles. The molecule has 0 atom stereocenters. The highest BCUT2D eigenvalue weighted by Gasteiger charge is 2.16. The predicted octanol–water partition coefficient (Wildman–Crippen LogP) is 2.54. The summed E-state index contributed by atoms with van der Waals surface area (Å²) >= 11 is 0. The number of nitrogens with one attached hydrogen (secondary N) is 3. The smallest absolute Gasteiger partial charge is 0.319 e. The lowest BCUT2D eigenvalue weighted by Gasteiger charge is -2.11. The Balaban J connectivity index is 1.82. The van der Waals surface area contributed by atoms with Crippen LogP contribution in [0.1, 0.15) is 11.1 Å². The standard InChI is InChI=1S/C17H20FN3O3S/c1-12-3-4-13(2)16(11-12)25(23,24)20-10-9-19-17(22)21-15-7-5-14(18)6-8-15/h3-8,11,20H,9-10H2,1-2H3,(H2,19,21,22). The van der Waals surface area contributed by atoms with E-state index in [0.717, 1.165) is 5.56 Å². The maximum atomic E-state index is 12.8. The molecule has 0 heterocycles. The molecule has 2 rings (SSSR count). The summed E-state index contributed by atoms with van der Waals surface area (Å²) < 4.78 is 39.8. The fourth-order valence-electron chi connectivity index (χ4n) is 2.14. The molecule has 2 aromatic carbocycles. The molecule has 0 fully saturated rings. The van der Waals surface area contributed by atoms with Crippen LogP contribution in [-0.2, 0) is 10.0 Å². The Morgan fingerprint density at radius 3 is 2.40 bits per heavy atom. The summed E-state index contributed by atoms with van der Waals surface area (Å²) in [5.41, 5.74) is 1.94. The van der Waals surface area contributed by atoms with E-state index in [0.29, 0.717) is 11.3 Å².